The van der Waals surface area contributed by atoms with Crippen LogP contribution in [0.1, 0.15) is 42.9 Å². The van der Waals surface area contributed by atoms with Gasteiger partial charge in [0.25, 0.3) is 0 Å². The van der Waals surface area contributed by atoms with Crippen molar-refractivity contribution in [1.82, 2.24) is 4.90 Å². The molecule has 1 spiro atoms. The van der Waals surface area contributed by atoms with Gasteiger partial charge >= 0.3 is 0 Å². The van der Waals surface area contributed by atoms with Gasteiger partial charge in [-0.2, -0.15) is 0 Å². The van der Waals surface area contributed by atoms with Crippen LogP contribution >= 0.6 is 0 Å². The molecule has 0 aromatic heterocycles. The van der Waals surface area contributed by atoms with Gasteiger partial charge < -0.3 is 19.5 Å². The maximum Gasteiger partial charge on any atom is 0.226 e. The zero-order valence-electron chi connectivity index (χ0n) is 16.9. The van der Waals surface area contributed by atoms with E-state index in [2.05, 4.69) is 12.1 Å². The van der Waals surface area contributed by atoms with Gasteiger partial charge in [0.05, 0.1) is 31.3 Å². The van der Waals surface area contributed by atoms with E-state index in [1.54, 1.807) is 7.11 Å². The lowest BCUT2D eigenvalue weighted by Crippen LogP contribution is -2.52. The number of hydrogen-bond acceptors (Lipinski definition) is 4. The van der Waals surface area contributed by atoms with Gasteiger partial charge in [0.15, 0.2) is 0 Å². The highest BCUT2D eigenvalue weighted by molar-refractivity contribution is 5.79. The first-order valence-electron chi connectivity index (χ1n) is 10.4. The molecule has 0 bridgehead atoms. The summed E-state index contributed by atoms with van der Waals surface area (Å²) >= 11 is 0. The van der Waals surface area contributed by atoms with Crippen LogP contribution < -0.4 is 4.74 Å². The van der Waals surface area contributed by atoms with Crippen molar-refractivity contribution in [3.05, 3.63) is 65.7 Å². The van der Waals surface area contributed by atoms with Crippen molar-refractivity contribution < 1.29 is 19.4 Å². The third-order valence-corrected chi connectivity index (χ3v) is 6.17. The van der Waals surface area contributed by atoms with E-state index < -0.39 is 0 Å². The second-order valence-electron chi connectivity index (χ2n) is 8.20. The number of nitrogens with zero attached hydrogens (tertiary/aromatic N) is 1. The Kier molecular flexibility index (Phi) is 5.88. The molecule has 1 amide bonds. The summed E-state index contributed by atoms with van der Waals surface area (Å²) in [6.07, 6.45) is 2.72. The molecule has 0 unspecified atom stereocenters. The quantitative estimate of drug-likeness (QED) is 0.861. The molecule has 154 valence electrons. The largest absolute Gasteiger partial charge is 0.497 e. The number of hydrogen-bond donors (Lipinski definition) is 1. The van der Waals surface area contributed by atoms with E-state index >= 15 is 0 Å². The van der Waals surface area contributed by atoms with Crippen molar-refractivity contribution in [2.75, 3.05) is 20.2 Å². The Bertz CT molecular complexity index is 830. The van der Waals surface area contributed by atoms with Crippen LogP contribution in [0.15, 0.2) is 54.6 Å². The smallest absolute Gasteiger partial charge is 0.226 e. The summed E-state index contributed by atoms with van der Waals surface area (Å²) in [5.74, 6) is 0.897. The number of amides is 1. The maximum absolute atomic E-state index is 12.8. The monoisotopic (exact) mass is 395 g/mol. The highest BCUT2D eigenvalue weighted by atomic mass is 16.5. The van der Waals surface area contributed by atoms with Gasteiger partial charge in [-0.3, -0.25) is 4.79 Å². The first-order valence-corrected chi connectivity index (χ1v) is 10.4. The molecule has 2 aliphatic heterocycles. The van der Waals surface area contributed by atoms with E-state index in [1.807, 2.05) is 47.4 Å². The summed E-state index contributed by atoms with van der Waals surface area (Å²) in [6, 6.07) is 17.8. The molecule has 4 rings (SSSR count). The zero-order chi connectivity index (χ0) is 20.3. The molecule has 2 aliphatic rings. The van der Waals surface area contributed by atoms with E-state index in [0.29, 0.717) is 32.4 Å². The number of methoxy groups -OCH3 is 1. The van der Waals surface area contributed by atoms with E-state index in [4.69, 9.17) is 9.47 Å². The molecule has 2 atom stereocenters. The molecule has 2 saturated heterocycles. The van der Waals surface area contributed by atoms with Crippen LogP contribution in [-0.4, -0.2) is 47.8 Å². The van der Waals surface area contributed by atoms with Crippen LogP contribution in [-0.2, 0) is 16.0 Å². The molecule has 0 saturated carbocycles. The van der Waals surface area contributed by atoms with Crippen LogP contribution in [0.4, 0.5) is 0 Å². The summed E-state index contributed by atoms with van der Waals surface area (Å²) < 4.78 is 11.8. The molecule has 2 fully saturated rings. The van der Waals surface area contributed by atoms with Gasteiger partial charge in [0.1, 0.15) is 5.75 Å². The number of rotatable bonds is 4. The number of ether oxygens (including phenoxy) is 2. The Morgan fingerprint density at radius 3 is 2.66 bits per heavy atom. The molecule has 29 heavy (non-hydrogen) atoms. The van der Waals surface area contributed by atoms with Crippen LogP contribution in [0.25, 0.3) is 0 Å². The lowest BCUT2D eigenvalue weighted by atomic mass is 9.81. The fraction of sp³-hybridized carbons (Fsp3) is 0.458. The van der Waals surface area contributed by atoms with Gasteiger partial charge in [-0.1, -0.05) is 42.5 Å². The number of aliphatic hydroxyl groups excluding tert-OH is 1. The first-order chi connectivity index (χ1) is 14.1. The number of likely N-dealkylation sites (tertiary alicyclic amines) is 1. The lowest BCUT2D eigenvalue weighted by molar-refractivity contribution is -0.185. The third kappa shape index (κ3) is 4.62. The first kappa shape index (κ1) is 19.9. The minimum atomic E-state index is -0.368. The molecule has 5 heteroatoms. The van der Waals surface area contributed by atoms with Crippen LogP contribution in [0, 0.1) is 0 Å². The molecule has 2 aromatic rings. The highest BCUT2D eigenvalue weighted by Crippen LogP contribution is 2.43. The van der Waals surface area contributed by atoms with Crippen molar-refractivity contribution in [2.24, 2.45) is 0 Å². The lowest BCUT2D eigenvalue weighted by Gasteiger charge is -2.48. The van der Waals surface area contributed by atoms with Crippen molar-refractivity contribution in [2.45, 2.75) is 49.9 Å². The summed E-state index contributed by atoms with van der Waals surface area (Å²) in [6.45, 7) is 1.33. The standard InChI is InChI=1S/C24H29NO4/c1-28-21-9-5-6-18(14-21)15-23(27)25-12-10-24(11-13-25)17-20(26)16-22(29-24)19-7-3-2-4-8-19/h2-9,14,20,22,26H,10-13,15-17H2,1H3/t20-,22-/m1/s1. The zero-order valence-corrected chi connectivity index (χ0v) is 16.9. The van der Waals surface area contributed by atoms with E-state index in [1.165, 1.54) is 0 Å². The Morgan fingerprint density at radius 1 is 1.17 bits per heavy atom. The van der Waals surface area contributed by atoms with Crippen LogP contribution in [0.3, 0.4) is 0 Å². The molecule has 0 aliphatic carbocycles. The van der Waals surface area contributed by atoms with E-state index in [9.17, 15) is 9.90 Å². The number of benzene rings is 2. The number of carbonyl (C=O) groups excluding carboxylic acids is 1. The van der Waals surface area contributed by atoms with Crippen molar-refractivity contribution >= 4 is 5.91 Å². The average molecular weight is 395 g/mol. The third-order valence-electron chi connectivity index (χ3n) is 6.17. The minimum Gasteiger partial charge on any atom is -0.497 e. The average Bonchev–Trinajstić information content (AvgIpc) is 2.74. The Balaban J connectivity index is 1.38. The Hall–Kier alpha value is -2.37. The summed E-state index contributed by atoms with van der Waals surface area (Å²) in [7, 11) is 1.63. The van der Waals surface area contributed by atoms with Crippen LogP contribution in [0.2, 0.25) is 0 Å². The minimum absolute atomic E-state index is 0.0843. The van der Waals surface area contributed by atoms with Crippen LogP contribution in [0.5, 0.6) is 5.75 Å². The second kappa shape index (κ2) is 8.56. The topological polar surface area (TPSA) is 59.0 Å². The summed E-state index contributed by atoms with van der Waals surface area (Å²) in [5.41, 5.74) is 1.73. The van der Waals surface area contributed by atoms with Crippen molar-refractivity contribution in [3.63, 3.8) is 0 Å². The number of piperidine rings is 1. The fourth-order valence-corrected chi connectivity index (χ4v) is 4.58. The van der Waals surface area contributed by atoms with Gasteiger partial charge in [-0.15, -0.1) is 0 Å². The maximum atomic E-state index is 12.8. The van der Waals surface area contributed by atoms with Gasteiger partial charge in [-0.25, -0.2) is 0 Å². The van der Waals surface area contributed by atoms with Gasteiger partial charge in [0.2, 0.25) is 5.91 Å². The SMILES string of the molecule is COc1cccc(CC(=O)N2CCC3(CC2)C[C@H](O)C[C@H](c2ccccc2)O3)c1. The predicted molar refractivity (Wildman–Crippen MR) is 111 cm³/mol. The molecule has 5 nitrogen and oxygen atoms in total. The highest BCUT2D eigenvalue weighted by Gasteiger charge is 2.44. The fourth-order valence-electron chi connectivity index (χ4n) is 4.58. The Morgan fingerprint density at radius 2 is 1.93 bits per heavy atom. The van der Waals surface area contributed by atoms with E-state index in [0.717, 1.165) is 29.7 Å². The molecule has 2 aromatic carbocycles. The molecular formula is C24H29NO4. The number of aliphatic hydroxyl groups is 1. The van der Waals surface area contributed by atoms with E-state index in [-0.39, 0.29) is 23.7 Å². The summed E-state index contributed by atoms with van der Waals surface area (Å²) in [4.78, 5) is 14.7. The molecular weight excluding hydrogens is 366 g/mol. The van der Waals surface area contributed by atoms with Gasteiger partial charge in [0, 0.05) is 25.9 Å². The molecule has 1 N–H and O–H groups in total. The normalized spacial score (nSPS) is 23.7. The Labute approximate surface area is 172 Å². The molecule has 0 radical (unpaired) electrons. The summed E-state index contributed by atoms with van der Waals surface area (Å²) in [5, 5.41) is 10.5. The predicted octanol–water partition coefficient (Wildman–Crippen LogP) is 3.51. The van der Waals surface area contributed by atoms with Crippen molar-refractivity contribution in [3.8, 4) is 5.75 Å². The van der Waals surface area contributed by atoms with Crippen molar-refractivity contribution in [1.29, 1.82) is 0 Å². The van der Waals surface area contributed by atoms with Gasteiger partial charge in [-0.05, 0) is 36.1 Å². The second-order valence-corrected chi connectivity index (χ2v) is 8.20. The molecule has 2 heterocycles. The number of carbonyl (C=O) groups is 1.